The van der Waals surface area contributed by atoms with Crippen LogP contribution in [-0.2, 0) is 0 Å². The van der Waals surface area contributed by atoms with E-state index in [4.69, 9.17) is 9.98 Å². The number of benzene rings is 1. The van der Waals surface area contributed by atoms with Gasteiger partial charge < -0.3 is 5.32 Å². The van der Waals surface area contributed by atoms with E-state index in [-0.39, 0.29) is 0 Å². The second kappa shape index (κ2) is 3.42. The summed E-state index contributed by atoms with van der Waals surface area (Å²) in [5.74, 6) is 2.06. The second-order valence-electron chi connectivity index (χ2n) is 5.09. The number of amidine groups is 2. The summed E-state index contributed by atoms with van der Waals surface area (Å²) in [5.41, 5.74) is 2.44. The topological polar surface area (TPSA) is 36.8 Å². The Kier molecular flexibility index (Phi) is 1.89. The van der Waals surface area contributed by atoms with Crippen LogP contribution in [0.1, 0.15) is 36.8 Å². The lowest BCUT2D eigenvalue weighted by Crippen LogP contribution is -2.23. The van der Waals surface area contributed by atoms with E-state index in [0.717, 1.165) is 11.7 Å². The van der Waals surface area contributed by atoms with E-state index in [9.17, 15) is 0 Å². The lowest BCUT2D eigenvalue weighted by atomic mass is 10.1. The zero-order chi connectivity index (χ0) is 11.2. The van der Waals surface area contributed by atoms with Gasteiger partial charge in [-0.05, 0) is 25.7 Å². The van der Waals surface area contributed by atoms with Crippen LogP contribution in [0, 0.1) is 0 Å². The maximum Gasteiger partial charge on any atom is 0.134 e. The molecule has 2 aliphatic carbocycles. The van der Waals surface area contributed by atoms with Crippen LogP contribution < -0.4 is 5.32 Å². The van der Waals surface area contributed by atoms with E-state index in [1.54, 1.807) is 0 Å². The average molecular weight is 225 g/mol. The molecule has 17 heavy (non-hydrogen) atoms. The average Bonchev–Trinajstić information content (AvgIpc) is 3.22. The first-order valence-corrected chi connectivity index (χ1v) is 6.42. The number of fused-ring (bicyclic) bond motifs is 1. The molecular weight excluding hydrogens is 210 g/mol. The highest BCUT2D eigenvalue weighted by Gasteiger charge is 2.29. The number of nitrogens with one attached hydrogen (secondary N) is 1. The van der Waals surface area contributed by atoms with Crippen LogP contribution in [0.3, 0.4) is 0 Å². The quantitative estimate of drug-likeness (QED) is 0.822. The fourth-order valence-electron chi connectivity index (χ4n) is 2.12. The Hall–Kier alpha value is -1.64. The zero-order valence-corrected chi connectivity index (χ0v) is 9.69. The number of hydrogen-bond acceptors (Lipinski definition) is 2. The Bertz CT molecular complexity index is 475. The molecule has 4 rings (SSSR count). The normalized spacial score (nSPS) is 27.3. The van der Waals surface area contributed by atoms with Crippen molar-refractivity contribution in [3.8, 4) is 0 Å². The Morgan fingerprint density at radius 1 is 0.824 bits per heavy atom. The molecule has 1 aliphatic heterocycles. The fraction of sp³-hybridized carbons (Fsp3) is 0.429. The predicted octanol–water partition coefficient (Wildman–Crippen LogP) is 2.11. The molecule has 3 aliphatic rings. The van der Waals surface area contributed by atoms with Gasteiger partial charge in [0, 0.05) is 11.1 Å². The first-order valence-electron chi connectivity index (χ1n) is 6.42. The van der Waals surface area contributed by atoms with Gasteiger partial charge in [-0.1, -0.05) is 24.3 Å². The molecular formula is C14H15N3. The van der Waals surface area contributed by atoms with E-state index < -0.39 is 0 Å². The van der Waals surface area contributed by atoms with Crippen LogP contribution in [0.25, 0.3) is 0 Å². The summed E-state index contributed by atoms with van der Waals surface area (Å²) in [6.45, 7) is 0. The third-order valence-corrected chi connectivity index (χ3v) is 3.39. The standard InChI is InChI=1S/C14H15N3/c1-2-4-12-11(3-1)13(15-9-5-6-9)17-14(12)16-10-7-8-10/h1-4,9-10H,5-8H2,(H,15,16,17). The summed E-state index contributed by atoms with van der Waals surface area (Å²) in [5, 5.41) is 3.40. The van der Waals surface area contributed by atoms with E-state index in [1.807, 2.05) is 0 Å². The molecule has 0 unspecified atom stereocenters. The Morgan fingerprint density at radius 3 is 1.71 bits per heavy atom. The van der Waals surface area contributed by atoms with Gasteiger partial charge in [-0.3, -0.25) is 9.98 Å². The van der Waals surface area contributed by atoms with Crippen molar-refractivity contribution in [1.82, 2.24) is 5.32 Å². The molecule has 0 bridgehead atoms. The second-order valence-corrected chi connectivity index (χ2v) is 5.09. The van der Waals surface area contributed by atoms with Crippen molar-refractivity contribution in [2.45, 2.75) is 37.8 Å². The smallest absolute Gasteiger partial charge is 0.134 e. The maximum atomic E-state index is 4.73. The molecule has 2 saturated carbocycles. The van der Waals surface area contributed by atoms with Gasteiger partial charge >= 0.3 is 0 Å². The molecule has 0 spiro atoms. The first-order chi connectivity index (χ1) is 8.40. The molecule has 86 valence electrons. The highest BCUT2D eigenvalue weighted by Crippen LogP contribution is 2.28. The molecule has 1 aromatic carbocycles. The largest absolute Gasteiger partial charge is 0.324 e. The third-order valence-electron chi connectivity index (χ3n) is 3.39. The summed E-state index contributed by atoms with van der Waals surface area (Å²) in [4.78, 5) is 9.46. The van der Waals surface area contributed by atoms with Crippen molar-refractivity contribution in [3.63, 3.8) is 0 Å². The fourth-order valence-corrected chi connectivity index (χ4v) is 2.12. The molecule has 1 heterocycles. The van der Waals surface area contributed by atoms with Crippen molar-refractivity contribution in [2.75, 3.05) is 0 Å². The molecule has 0 aromatic heterocycles. The van der Waals surface area contributed by atoms with Gasteiger partial charge in [-0.25, -0.2) is 0 Å². The van der Waals surface area contributed by atoms with Gasteiger partial charge in [0.2, 0.25) is 0 Å². The third kappa shape index (κ3) is 1.75. The van der Waals surface area contributed by atoms with Gasteiger partial charge in [0.05, 0.1) is 12.1 Å². The van der Waals surface area contributed by atoms with Crippen LogP contribution in [-0.4, -0.2) is 23.8 Å². The number of rotatable bonds is 2. The minimum Gasteiger partial charge on any atom is -0.324 e. The minimum absolute atomic E-state index is 0.547. The van der Waals surface area contributed by atoms with Gasteiger partial charge in [-0.2, -0.15) is 0 Å². The first kappa shape index (κ1) is 9.40. The van der Waals surface area contributed by atoms with Gasteiger partial charge in [0.15, 0.2) is 0 Å². The van der Waals surface area contributed by atoms with Crippen molar-refractivity contribution in [1.29, 1.82) is 0 Å². The Balaban J connectivity index is 1.77. The summed E-state index contributed by atoms with van der Waals surface area (Å²) >= 11 is 0. The summed E-state index contributed by atoms with van der Waals surface area (Å²) < 4.78 is 0. The summed E-state index contributed by atoms with van der Waals surface area (Å²) in [6, 6.07) is 9.51. The van der Waals surface area contributed by atoms with Crippen molar-refractivity contribution >= 4 is 11.7 Å². The SMILES string of the molecule is c1ccc2c(c1)C(=NC1CC1)NC2=NC1CC1. The Labute approximate surface area is 101 Å². The molecule has 2 fully saturated rings. The minimum atomic E-state index is 0.547. The van der Waals surface area contributed by atoms with E-state index in [2.05, 4.69) is 29.6 Å². The molecule has 0 amide bonds. The number of hydrogen-bond donors (Lipinski definition) is 1. The molecule has 3 nitrogen and oxygen atoms in total. The van der Waals surface area contributed by atoms with Crippen LogP contribution in [0.2, 0.25) is 0 Å². The lowest BCUT2D eigenvalue weighted by molar-refractivity contribution is 1.04. The van der Waals surface area contributed by atoms with Crippen LogP contribution in [0.15, 0.2) is 34.3 Å². The molecule has 0 radical (unpaired) electrons. The van der Waals surface area contributed by atoms with E-state index in [1.165, 1.54) is 36.8 Å². The van der Waals surface area contributed by atoms with E-state index >= 15 is 0 Å². The lowest BCUT2D eigenvalue weighted by Gasteiger charge is -1.98. The maximum absolute atomic E-state index is 4.73. The summed E-state index contributed by atoms with van der Waals surface area (Å²) in [7, 11) is 0. The van der Waals surface area contributed by atoms with Gasteiger partial charge in [0.1, 0.15) is 11.7 Å². The van der Waals surface area contributed by atoms with E-state index in [0.29, 0.717) is 12.1 Å². The molecule has 3 heteroatoms. The van der Waals surface area contributed by atoms with Crippen molar-refractivity contribution < 1.29 is 0 Å². The monoisotopic (exact) mass is 225 g/mol. The van der Waals surface area contributed by atoms with Gasteiger partial charge in [0.25, 0.3) is 0 Å². The van der Waals surface area contributed by atoms with Crippen LogP contribution in [0.4, 0.5) is 0 Å². The zero-order valence-electron chi connectivity index (χ0n) is 9.69. The Morgan fingerprint density at radius 2 is 1.29 bits per heavy atom. The number of nitrogens with zero attached hydrogens (tertiary/aromatic N) is 2. The molecule has 1 N–H and O–H groups in total. The van der Waals surface area contributed by atoms with Gasteiger partial charge in [-0.15, -0.1) is 0 Å². The molecule has 0 saturated heterocycles. The van der Waals surface area contributed by atoms with Crippen LogP contribution >= 0.6 is 0 Å². The highest BCUT2D eigenvalue weighted by atomic mass is 15.1. The molecule has 0 atom stereocenters. The van der Waals surface area contributed by atoms with Crippen molar-refractivity contribution in [3.05, 3.63) is 35.4 Å². The molecule has 1 aromatic rings. The predicted molar refractivity (Wildman–Crippen MR) is 68.7 cm³/mol. The van der Waals surface area contributed by atoms with Crippen LogP contribution in [0.5, 0.6) is 0 Å². The number of aliphatic imine (C=N–C) groups is 2. The van der Waals surface area contributed by atoms with Crippen molar-refractivity contribution in [2.24, 2.45) is 9.98 Å². The highest BCUT2D eigenvalue weighted by molar-refractivity contribution is 6.25. The summed E-state index contributed by atoms with van der Waals surface area (Å²) in [6.07, 6.45) is 4.95.